The molecule has 0 fully saturated rings. The summed E-state index contributed by atoms with van der Waals surface area (Å²) in [5.41, 5.74) is 0.154. The Kier molecular flexibility index (Phi) is 16.2. The minimum atomic E-state index is -3.81. The number of hydrogen-bond acceptors (Lipinski definition) is 8. The van der Waals surface area contributed by atoms with Crippen molar-refractivity contribution in [2.45, 2.75) is 110 Å². The summed E-state index contributed by atoms with van der Waals surface area (Å²) in [7, 11) is -3.81. The lowest BCUT2D eigenvalue weighted by atomic mass is 9.89. The van der Waals surface area contributed by atoms with Crippen LogP contribution in [0.1, 0.15) is 90.9 Å². The molecule has 3 amide bonds. The van der Waals surface area contributed by atoms with Crippen LogP contribution in [0, 0.1) is 17.8 Å². The van der Waals surface area contributed by atoms with Crippen molar-refractivity contribution in [1.82, 2.24) is 20.9 Å². The Morgan fingerprint density at radius 2 is 1.52 bits per heavy atom. The second-order valence-electron chi connectivity index (χ2n) is 12.0. The normalized spacial score (nSPS) is 15.6. The van der Waals surface area contributed by atoms with E-state index in [1.807, 2.05) is 41.5 Å². The molecule has 0 bridgehead atoms. The molecule has 5 atom stereocenters. The van der Waals surface area contributed by atoms with Gasteiger partial charge in [-0.15, -0.1) is 0 Å². The second-order valence-corrected chi connectivity index (χ2v) is 14.3. The van der Waals surface area contributed by atoms with Gasteiger partial charge in [-0.3, -0.25) is 19.4 Å². The number of amides is 3. The number of aliphatic hydroxyl groups is 2. The first-order valence-electron chi connectivity index (χ1n) is 15.0. The van der Waals surface area contributed by atoms with Crippen molar-refractivity contribution < 1.29 is 33.0 Å². The van der Waals surface area contributed by atoms with Crippen LogP contribution in [0.15, 0.2) is 24.5 Å². The van der Waals surface area contributed by atoms with E-state index in [1.54, 1.807) is 6.07 Å². The number of nitrogens with one attached hydrogen (secondary N) is 3. The van der Waals surface area contributed by atoms with Crippen LogP contribution in [0.25, 0.3) is 0 Å². The first-order valence-corrected chi connectivity index (χ1v) is 16.7. The van der Waals surface area contributed by atoms with Crippen molar-refractivity contribution >= 4 is 27.6 Å². The SMILES string of the molecule is CCCC(CCC)S(=O)(=O)CC(NC(=O)c1cccnc1)C(=O)N[C@@H](CC(C)C)[C@@H](O)[C@H](O)[C@@H](C)C(=O)NCC(C)C. The molecule has 5 N–H and O–H groups in total. The van der Waals surface area contributed by atoms with E-state index in [4.69, 9.17) is 0 Å². The number of hydrogen-bond donors (Lipinski definition) is 5. The highest BCUT2D eigenvalue weighted by Gasteiger charge is 2.38. The first-order chi connectivity index (χ1) is 19.6. The molecule has 1 rings (SSSR count). The Bertz CT molecular complexity index is 1080. The molecule has 1 aromatic rings. The summed E-state index contributed by atoms with van der Waals surface area (Å²) in [6.45, 7) is 13.3. The van der Waals surface area contributed by atoms with Gasteiger partial charge in [-0.25, -0.2) is 8.42 Å². The Morgan fingerprint density at radius 1 is 0.905 bits per heavy atom. The van der Waals surface area contributed by atoms with Crippen molar-refractivity contribution in [1.29, 1.82) is 0 Å². The molecular formula is C30H52N4O7S. The van der Waals surface area contributed by atoms with E-state index in [0.29, 0.717) is 32.2 Å². The predicted molar refractivity (Wildman–Crippen MR) is 163 cm³/mol. The lowest BCUT2D eigenvalue weighted by Crippen LogP contribution is -2.58. The summed E-state index contributed by atoms with van der Waals surface area (Å²) in [5, 5.41) is 29.3. The van der Waals surface area contributed by atoms with Crippen LogP contribution >= 0.6 is 0 Å². The van der Waals surface area contributed by atoms with E-state index >= 15 is 0 Å². The average Bonchev–Trinajstić information content (AvgIpc) is 2.93. The fraction of sp³-hybridized carbons (Fsp3) is 0.733. The maximum atomic E-state index is 13.6. The molecule has 0 aromatic carbocycles. The Morgan fingerprint density at radius 3 is 2.02 bits per heavy atom. The van der Waals surface area contributed by atoms with Gasteiger partial charge >= 0.3 is 0 Å². The van der Waals surface area contributed by atoms with Gasteiger partial charge in [0.15, 0.2) is 9.84 Å². The Labute approximate surface area is 251 Å². The molecule has 0 aliphatic heterocycles. The van der Waals surface area contributed by atoms with Gasteiger partial charge in [0.25, 0.3) is 5.91 Å². The minimum Gasteiger partial charge on any atom is -0.390 e. The number of rotatable bonds is 19. The number of aliphatic hydroxyl groups excluding tert-OH is 2. The van der Waals surface area contributed by atoms with E-state index in [9.17, 15) is 33.0 Å². The van der Waals surface area contributed by atoms with Crippen molar-refractivity contribution in [3.63, 3.8) is 0 Å². The van der Waals surface area contributed by atoms with Crippen LogP contribution in [0.4, 0.5) is 0 Å². The number of aromatic nitrogens is 1. The lowest BCUT2D eigenvalue weighted by Gasteiger charge is -2.32. The van der Waals surface area contributed by atoms with Gasteiger partial charge in [-0.2, -0.15) is 0 Å². The van der Waals surface area contributed by atoms with Crippen molar-refractivity contribution in [3.8, 4) is 0 Å². The van der Waals surface area contributed by atoms with Gasteiger partial charge in [0.05, 0.1) is 34.6 Å². The van der Waals surface area contributed by atoms with E-state index < -0.39 is 68.8 Å². The fourth-order valence-corrected chi connectivity index (χ4v) is 6.83. The van der Waals surface area contributed by atoms with Crippen LogP contribution in [0.5, 0.6) is 0 Å². The molecule has 1 unspecified atom stereocenters. The standard InChI is InChI=1S/C30H52N4O7S/c1-8-11-23(12-9-2)42(40,41)18-25(34-29(38)22-13-10-14-31-17-22)30(39)33-24(15-19(3)4)27(36)26(35)21(7)28(37)32-16-20(5)6/h10,13-14,17,19-21,23-27,35-36H,8-9,11-12,15-16,18H2,1-7H3,(H,32,37)(H,33,39)(H,34,38)/t21-,24+,25?,26-,27-/m1/s1. The minimum absolute atomic E-state index is 0.0344. The van der Waals surface area contributed by atoms with Gasteiger partial charge in [-0.05, 0) is 43.2 Å². The van der Waals surface area contributed by atoms with Crippen LogP contribution in [-0.4, -0.2) is 83.2 Å². The summed E-state index contributed by atoms with van der Waals surface area (Å²) in [5.74, 6) is -3.36. The summed E-state index contributed by atoms with van der Waals surface area (Å²) in [6.07, 6.45) is 2.13. The van der Waals surface area contributed by atoms with Gasteiger partial charge in [0, 0.05) is 18.9 Å². The third kappa shape index (κ3) is 12.3. The van der Waals surface area contributed by atoms with Crippen LogP contribution < -0.4 is 16.0 Å². The fourth-order valence-electron chi connectivity index (χ4n) is 4.67. The Balaban J connectivity index is 3.29. The molecule has 0 saturated heterocycles. The molecule has 12 heteroatoms. The number of carbonyl (C=O) groups excluding carboxylic acids is 3. The second kappa shape index (κ2) is 18.2. The van der Waals surface area contributed by atoms with Crippen molar-refractivity contribution in [2.75, 3.05) is 12.3 Å². The molecule has 1 aromatic heterocycles. The first kappa shape index (κ1) is 37.5. The number of nitrogens with zero attached hydrogens (tertiary/aromatic N) is 1. The van der Waals surface area contributed by atoms with Gasteiger partial charge in [0.1, 0.15) is 12.1 Å². The number of sulfone groups is 1. The molecule has 1 heterocycles. The maximum Gasteiger partial charge on any atom is 0.253 e. The quantitative estimate of drug-likeness (QED) is 0.158. The van der Waals surface area contributed by atoms with Gasteiger partial charge < -0.3 is 26.2 Å². The molecule has 240 valence electrons. The smallest absolute Gasteiger partial charge is 0.253 e. The Hall–Kier alpha value is -2.57. The summed E-state index contributed by atoms with van der Waals surface area (Å²) in [6, 6.07) is 0.560. The number of carbonyl (C=O) groups is 3. The van der Waals surface area contributed by atoms with E-state index in [1.165, 1.54) is 25.4 Å². The molecule has 0 aliphatic carbocycles. The average molecular weight is 613 g/mol. The molecule has 0 aliphatic rings. The maximum absolute atomic E-state index is 13.6. The molecule has 0 radical (unpaired) electrons. The highest BCUT2D eigenvalue weighted by Crippen LogP contribution is 2.19. The highest BCUT2D eigenvalue weighted by molar-refractivity contribution is 7.92. The summed E-state index contributed by atoms with van der Waals surface area (Å²) >= 11 is 0. The zero-order valence-corrected chi connectivity index (χ0v) is 27.0. The van der Waals surface area contributed by atoms with Crippen molar-refractivity contribution in [2.24, 2.45) is 17.8 Å². The molecule has 11 nitrogen and oxygen atoms in total. The van der Waals surface area contributed by atoms with Crippen molar-refractivity contribution in [3.05, 3.63) is 30.1 Å². The highest BCUT2D eigenvalue weighted by atomic mass is 32.2. The largest absolute Gasteiger partial charge is 0.390 e. The van der Waals surface area contributed by atoms with E-state index in [-0.39, 0.29) is 23.8 Å². The molecule has 42 heavy (non-hydrogen) atoms. The zero-order chi connectivity index (χ0) is 32.0. The molecule has 0 saturated carbocycles. The zero-order valence-electron chi connectivity index (χ0n) is 26.2. The van der Waals surface area contributed by atoms with Crippen LogP contribution in [0.2, 0.25) is 0 Å². The lowest BCUT2D eigenvalue weighted by molar-refractivity contribution is -0.133. The van der Waals surface area contributed by atoms with E-state index in [2.05, 4.69) is 20.9 Å². The third-order valence-electron chi connectivity index (χ3n) is 7.10. The van der Waals surface area contributed by atoms with Gasteiger partial charge in [0.2, 0.25) is 11.8 Å². The monoisotopic (exact) mass is 612 g/mol. The topological polar surface area (TPSA) is 175 Å². The summed E-state index contributed by atoms with van der Waals surface area (Å²) in [4.78, 5) is 43.1. The predicted octanol–water partition coefficient (Wildman–Crippen LogP) is 2.22. The number of pyridine rings is 1. The van der Waals surface area contributed by atoms with E-state index in [0.717, 1.165) is 0 Å². The van der Waals surface area contributed by atoms with Crippen LogP contribution in [-0.2, 0) is 19.4 Å². The molecule has 0 spiro atoms. The molecular weight excluding hydrogens is 560 g/mol. The van der Waals surface area contributed by atoms with Gasteiger partial charge in [-0.1, -0.05) is 61.3 Å². The third-order valence-corrected chi connectivity index (χ3v) is 9.38. The van der Waals surface area contributed by atoms with Crippen LogP contribution in [0.3, 0.4) is 0 Å². The summed E-state index contributed by atoms with van der Waals surface area (Å²) < 4.78 is 26.9.